The third-order valence-electron chi connectivity index (χ3n) is 4.00. The van der Waals surface area contributed by atoms with Crippen LogP contribution in [0.2, 0.25) is 0 Å². The van der Waals surface area contributed by atoms with Gasteiger partial charge in [0.2, 0.25) is 0 Å². The first-order valence-electron chi connectivity index (χ1n) is 8.29. The highest BCUT2D eigenvalue weighted by Crippen LogP contribution is 2.22. The van der Waals surface area contributed by atoms with Crippen molar-refractivity contribution in [1.82, 2.24) is 0 Å². The van der Waals surface area contributed by atoms with Crippen molar-refractivity contribution in [2.24, 2.45) is 0 Å². The van der Waals surface area contributed by atoms with Crippen molar-refractivity contribution in [2.45, 2.75) is 26.4 Å². The molecule has 0 aromatic heterocycles. The van der Waals surface area contributed by atoms with Crippen molar-refractivity contribution in [2.75, 3.05) is 19.5 Å². The van der Waals surface area contributed by atoms with Gasteiger partial charge in [0.1, 0.15) is 11.5 Å². The van der Waals surface area contributed by atoms with E-state index in [1.54, 1.807) is 56.5 Å². The maximum atomic E-state index is 12.6. The maximum Gasteiger partial charge on any atom is 0.338 e. The number of methoxy groups -OCH3 is 2. The summed E-state index contributed by atoms with van der Waals surface area (Å²) < 4.78 is 15.6. The number of carbonyl (C=O) groups excluding carboxylic acids is 2. The van der Waals surface area contributed by atoms with Crippen LogP contribution in [0.25, 0.3) is 0 Å². The number of nitrogens with one attached hydrogen (secondary N) is 1. The van der Waals surface area contributed by atoms with Gasteiger partial charge in [0.25, 0.3) is 5.91 Å². The molecule has 0 fully saturated rings. The van der Waals surface area contributed by atoms with Gasteiger partial charge in [-0.2, -0.15) is 0 Å². The SMILES string of the molecule is CCC(Oc1ccc(OC)cc1)C(=O)Nc1cccc(C(=O)OC)c1C. The van der Waals surface area contributed by atoms with E-state index in [4.69, 9.17) is 14.2 Å². The third-order valence-corrected chi connectivity index (χ3v) is 4.00. The molecule has 0 spiro atoms. The van der Waals surface area contributed by atoms with E-state index in [0.717, 1.165) is 0 Å². The zero-order valence-electron chi connectivity index (χ0n) is 15.4. The van der Waals surface area contributed by atoms with Crippen molar-refractivity contribution in [1.29, 1.82) is 0 Å². The van der Waals surface area contributed by atoms with Crippen LogP contribution in [-0.2, 0) is 9.53 Å². The summed E-state index contributed by atoms with van der Waals surface area (Å²) in [7, 11) is 2.91. The minimum absolute atomic E-state index is 0.284. The zero-order valence-corrected chi connectivity index (χ0v) is 15.4. The van der Waals surface area contributed by atoms with Crippen LogP contribution >= 0.6 is 0 Å². The molecule has 2 rings (SSSR count). The second kappa shape index (κ2) is 8.89. The third kappa shape index (κ3) is 4.53. The van der Waals surface area contributed by atoms with Crippen molar-refractivity contribution in [3.8, 4) is 11.5 Å². The monoisotopic (exact) mass is 357 g/mol. The minimum atomic E-state index is -0.662. The molecule has 0 heterocycles. The molecule has 2 aromatic carbocycles. The molecule has 6 heteroatoms. The number of ether oxygens (including phenoxy) is 3. The highest BCUT2D eigenvalue weighted by molar-refractivity contribution is 5.98. The van der Waals surface area contributed by atoms with Crippen molar-refractivity contribution in [3.05, 3.63) is 53.6 Å². The molecule has 1 N–H and O–H groups in total. The number of hydrogen-bond donors (Lipinski definition) is 1. The highest BCUT2D eigenvalue weighted by atomic mass is 16.5. The molecule has 0 saturated heterocycles. The van der Waals surface area contributed by atoms with Gasteiger partial charge in [-0.25, -0.2) is 4.79 Å². The van der Waals surface area contributed by atoms with E-state index in [9.17, 15) is 9.59 Å². The number of amides is 1. The lowest BCUT2D eigenvalue weighted by Gasteiger charge is -2.19. The summed E-state index contributed by atoms with van der Waals surface area (Å²) in [6.45, 7) is 3.62. The first-order valence-corrected chi connectivity index (χ1v) is 8.29. The summed E-state index contributed by atoms with van der Waals surface area (Å²) in [5.41, 5.74) is 1.61. The van der Waals surface area contributed by atoms with E-state index in [-0.39, 0.29) is 5.91 Å². The molecular formula is C20H23NO5. The maximum absolute atomic E-state index is 12.6. The lowest BCUT2D eigenvalue weighted by atomic mass is 10.1. The molecule has 0 aliphatic heterocycles. The zero-order chi connectivity index (χ0) is 19.1. The fraction of sp³-hybridized carbons (Fsp3) is 0.300. The molecule has 6 nitrogen and oxygen atoms in total. The summed E-state index contributed by atoms with van der Waals surface area (Å²) in [6, 6.07) is 12.1. The molecule has 2 aromatic rings. The number of benzene rings is 2. The molecule has 0 bridgehead atoms. The van der Waals surface area contributed by atoms with Crippen LogP contribution in [0.5, 0.6) is 11.5 Å². The van der Waals surface area contributed by atoms with Crippen LogP contribution in [-0.4, -0.2) is 32.2 Å². The Morgan fingerprint density at radius 3 is 2.27 bits per heavy atom. The van der Waals surface area contributed by atoms with Crippen molar-refractivity contribution < 1.29 is 23.8 Å². The fourth-order valence-electron chi connectivity index (χ4n) is 2.46. The molecule has 1 amide bonds. The Kier molecular flexibility index (Phi) is 6.60. The Morgan fingerprint density at radius 2 is 1.69 bits per heavy atom. The summed E-state index contributed by atoms with van der Waals surface area (Å²) in [4.78, 5) is 24.4. The quantitative estimate of drug-likeness (QED) is 0.767. The summed E-state index contributed by atoms with van der Waals surface area (Å²) in [6.07, 6.45) is -0.169. The van der Waals surface area contributed by atoms with E-state index >= 15 is 0 Å². The van der Waals surface area contributed by atoms with Gasteiger partial charge in [-0.15, -0.1) is 0 Å². The smallest absolute Gasteiger partial charge is 0.338 e. The van der Waals surface area contributed by atoms with E-state index in [1.165, 1.54) is 7.11 Å². The van der Waals surface area contributed by atoms with Crippen LogP contribution in [0.1, 0.15) is 29.3 Å². The van der Waals surface area contributed by atoms with Gasteiger partial charge < -0.3 is 19.5 Å². The predicted molar refractivity (Wildman–Crippen MR) is 98.8 cm³/mol. The molecule has 1 unspecified atom stereocenters. The lowest BCUT2D eigenvalue weighted by molar-refractivity contribution is -0.122. The Bertz CT molecular complexity index is 770. The number of anilines is 1. The number of hydrogen-bond acceptors (Lipinski definition) is 5. The van der Waals surface area contributed by atoms with Crippen LogP contribution in [0.4, 0.5) is 5.69 Å². The van der Waals surface area contributed by atoms with Gasteiger partial charge in [0.05, 0.1) is 19.8 Å². The van der Waals surface area contributed by atoms with Crippen molar-refractivity contribution in [3.63, 3.8) is 0 Å². The summed E-state index contributed by atoms with van der Waals surface area (Å²) >= 11 is 0. The second-order valence-electron chi connectivity index (χ2n) is 5.65. The lowest BCUT2D eigenvalue weighted by Crippen LogP contribution is -2.32. The van der Waals surface area contributed by atoms with Crippen LogP contribution in [0.3, 0.4) is 0 Å². The summed E-state index contributed by atoms with van der Waals surface area (Å²) in [5.74, 6) is 0.562. The van der Waals surface area contributed by atoms with Gasteiger partial charge >= 0.3 is 5.97 Å². The standard InChI is InChI=1S/C20H23NO5/c1-5-18(26-15-11-9-14(24-3)10-12-15)19(22)21-17-8-6-7-16(13(17)2)20(23)25-4/h6-12,18H,5H2,1-4H3,(H,21,22). The largest absolute Gasteiger partial charge is 0.497 e. The molecule has 26 heavy (non-hydrogen) atoms. The molecule has 138 valence electrons. The highest BCUT2D eigenvalue weighted by Gasteiger charge is 2.20. The topological polar surface area (TPSA) is 73.9 Å². The van der Waals surface area contributed by atoms with Crippen LogP contribution in [0.15, 0.2) is 42.5 Å². The average Bonchev–Trinajstić information content (AvgIpc) is 2.67. The van der Waals surface area contributed by atoms with Gasteiger partial charge in [0, 0.05) is 5.69 Å². The Balaban J connectivity index is 2.12. The first kappa shape index (κ1) is 19.3. The minimum Gasteiger partial charge on any atom is -0.497 e. The Labute approximate surface area is 153 Å². The van der Waals surface area contributed by atoms with Gasteiger partial charge in [0.15, 0.2) is 6.10 Å². The average molecular weight is 357 g/mol. The predicted octanol–water partition coefficient (Wildman–Crippen LogP) is 3.59. The van der Waals surface area contributed by atoms with E-state index in [1.807, 2.05) is 6.92 Å². The molecule has 0 saturated carbocycles. The van der Waals surface area contributed by atoms with E-state index in [0.29, 0.717) is 34.7 Å². The Hall–Kier alpha value is -3.02. The molecule has 0 aliphatic carbocycles. The van der Waals surface area contributed by atoms with E-state index in [2.05, 4.69) is 5.32 Å². The molecular weight excluding hydrogens is 334 g/mol. The molecule has 0 aliphatic rings. The van der Waals surface area contributed by atoms with Gasteiger partial charge in [-0.1, -0.05) is 13.0 Å². The first-order chi connectivity index (χ1) is 12.5. The Morgan fingerprint density at radius 1 is 1.04 bits per heavy atom. The molecule has 0 radical (unpaired) electrons. The van der Waals surface area contributed by atoms with Gasteiger partial charge in [-0.3, -0.25) is 4.79 Å². The second-order valence-corrected chi connectivity index (χ2v) is 5.65. The van der Waals surface area contributed by atoms with Crippen molar-refractivity contribution >= 4 is 17.6 Å². The number of esters is 1. The normalized spacial score (nSPS) is 11.4. The van der Waals surface area contributed by atoms with E-state index < -0.39 is 12.1 Å². The van der Waals surface area contributed by atoms with Crippen LogP contribution < -0.4 is 14.8 Å². The van der Waals surface area contributed by atoms with Crippen LogP contribution in [0, 0.1) is 6.92 Å². The fourth-order valence-corrected chi connectivity index (χ4v) is 2.46. The number of rotatable bonds is 7. The van der Waals surface area contributed by atoms with Gasteiger partial charge in [-0.05, 0) is 55.3 Å². The number of carbonyl (C=O) groups is 2. The summed E-state index contributed by atoms with van der Waals surface area (Å²) in [5, 5.41) is 2.83. The molecule has 1 atom stereocenters.